The van der Waals surface area contributed by atoms with E-state index >= 15 is 0 Å². The van der Waals surface area contributed by atoms with E-state index in [0.717, 1.165) is 16.7 Å². The van der Waals surface area contributed by atoms with Crippen molar-refractivity contribution in [2.45, 2.75) is 26.2 Å². The molecule has 0 radical (unpaired) electrons. The second-order valence-corrected chi connectivity index (χ2v) is 8.54. The van der Waals surface area contributed by atoms with Gasteiger partial charge in [0.15, 0.2) is 0 Å². The molecular formula is C25H27N3. The topological polar surface area (TPSA) is 21.1 Å². The first-order chi connectivity index (χ1) is 13.3. The summed E-state index contributed by atoms with van der Waals surface area (Å²) < 4.78 is 2.19. The fourth-order valence-electron chi connectivity index (χ4n) is 3.54. The summed E-state index contributed by atoms with van der Waals surface area (Å²) in [4.78, 5) is 6.91. The van der Waals surface area contributed by atoms with Gasteiger partial charge in [-0.3, -0.25) is 4.57 Å². The van der Waals surface area contributed by atoms with Crippen molar-refractivity contribution in [3.63, 3.8) is 0 Å². The molecular weight excluding hydrogens is 342 g/mol. The van der Waals surface area contributed by atoms with Gasteiger partial charge in [-0.1, -0.05) is 51.1 Å². The molecule has 0 fully saturated rings. The zero-order chi connectivity index (χ0) is 19.9. The van der Waals surface area contributed by atoms with Crippen molar-refractivity contribution in [2.75, 3.05) is 19.0 Å². The van der Waals surface area contributed by atoms with Crippen molar-refractivity contribution in [2.24, 2.45) is 0 Å². The maximum Gasteiger partial charge on any atom is 0.100 e. The number of nitrogens with zero attached hydrogens (tertiary/aromatic N) is 3. The molecule has 0 amide bonds. The van der Waals surface area contributed by atoms with Gasteiger partial charge >= 0.3 is 0 Å². The molecule has 1 heterocycles. The van der Waals surface area contributed by atoms with Crippen LogP contribution in [0.5, 0.6) is 0 Å². The highest BCUT2D eigenvalue weighted by molar-refractivity contribution is 5.95. The van der Waals surface area contributed by atoms with E-state index in [1.165, 1.54) is 22.4 Å². The number of hydrogen-bond acceptors (Lipinski definition) is 2. The second-order valence-electron chi connectivity index (χ2n) is 8.54. The third-order valence-electron chi connectivity index (χ3n) is 5.22. The van der Waals surface area contributed by atoms with Crippen LogP contribution < -0.4 is 4.90 Å². The lowest BCUT2D eigenvalue weighted by Crippen LogP contribution is -2.11. The summed E-state index contributed by atoms with van der Waals surface area (Å²) >= 11 is 0. The van der Waals surface area contributed by atoms with Crippen molar-refractivity contribution >= 4 is 16.7 Å². The largest absolute Gasteiger partial charge is 0.378 e. The Morgan fingerprint density at radius 1 is 0.857 bits per heavy atom. The van der Waals surface area contributed by atoms with Gasteiger partial charge in [0, 0.05) is 31.0 Å². The van der Waals surface area contributed by atoms with Crippen LogP contribution in [0.4, 0.5) is 5.69 Å². The molecule has 0 atom stereocenters. The van der Waals surface area contributed by atoms with Crippen molar-refractivity contribution < 1.29 is 0 Å². The van der Waals surface area contributed by atoms with Gasteiger partial charge in [0.2, 0.25) is 0 Å². The number of hydrogen-bond donors (Lipinski definition) is 0. The summed E-state index contributed by atoms with van der Waals surface area (Å²) in [7, 11) is 4.16. The van der Waals surface area contributed by atoms with Crippen molar-refractivity contribution in [1.82, 2.24) is 9.55 Å². The third-order valence-corrected chi connectivity index (χ3v) is 5.22. The number of anilines is 1. The Kier molecular flexibility index (Phi) is 4.46. The first-order valence-electron chi connectivity index (χ1n) is 9.69. The molecule has 0 saturated carbocycles. The Morgan fingerprint density at radius 2 is 1.61 bits per heavy atom. The highest BCUT2D eigenvalue weighted by Crippen LogP contribution is 2.36. The molecule has 0 N–H and O–H groups in total. The molecule has 0 aliphatic rings. The van der Waals surface area contributed by atoms with E-state index in [9.17, 15) is 0 Å². The highest BCUT2D eigenvalue weighted by Gasteiger charge is 2.20. The molecule has 4 aromatic rings. The van der Waals surface area contributed by atoms with E-state index in [1.807, 2.05) is 12.4 Å². The number of fused-ring (bicyclic) bond motifs is 1. The molecule has 0 unspecified atom stereocenters. The van der Waals surface area contributed by atoms with E-state index in [-0.39, 0.29) is 5.41 Å². The summed E-state index contributed by atoms with van der Waals surface area (Å²) in [5.74, 6) is 0. The average molecular weight is 370 g/mol. The number of aromatic nitrogens is 2. The van der Waals surface area contributed by atoms with Crippen LogP contribution in [0.2, 0.25) is 0 Å². The van der Waals surface area contributed by atoms with Gasteiger partial charge in [0.05, 0.1) is 11.0 Å². The second kappa shape index (κ2) is 6.83. The van der Waals surface area contributed by atoms with Crippen molar-refractivity contribution in [3.8, 4) is 16.8 Å². The monoisotopic (exact) mass is 369 g/mol. The van der Waals surface area contributed by atoms with Gasteiger partial charge in [-0.25, -0.2) is 4.98 Å². The lowest BCUT2D eigenvalue weighted by molar-refractivity contribution is 0.591. The average Bonchev–Trinajstić information content (AvgIpc) is 3.11. The zero-order valence-electron chi connectivity index (χ0n) is 17.3. The normalized spacial score (nSPS) is 11.8. The fourth-order valence-corrected chi connectivity index (χ4v) is 3.54. The Bertz CT molecular complexity index is 1120. The summed E-state index contributed by atoms with van der Waals surface area (Å²) in [6.07, 6.45) is 1.94. The summed E-state index contributed by atoms with van der Waals surface area (Å²) in [6, 6.07) is 23.7. The Labute approximate surface area is 167 Å². The minimum Gasteiger partial charge on any atom is -0.378 e. The standard InChI is InChI=1S/C25H27N3/c1-25(2,3)19-15-22(18-10-9-13-21(14-18)27(4)5)24-23(16-19)26-17-28(24)20-11-7-6-8-12-20/h6-17H,1-5H3. The van der Waals surface area contributed by atoms with Crippen molar-refractivity contribution in [1.29, 1.82) is 0 Å². The number of imidazole rings is 1. The van der Waals surface area contributed by atoms with Crippen LogP contribution in [0.25, 0.3) is 27.8 Å². The SMILES string of the molecule is CN(C)c1cccc(-c2cc(C(C)(C)C)cc3ncn(-c4ccccc4)c23)c1. The minimum absolute atomic E-state index is 0.0542. The van der Waals surface area contributed by atoms with Gasteiger partial charge in [-0.2, -0.15) is 0 Å². The Morgan fingerprint density at radius 3 is 2.29 bits per heavy atom. The van der Waals surface area contributed by atoms with Crippen LogP contribution in [-0.4, -0.2) is 23.6 Å². The number of benzene rings is 3. The molecule has 4 rings (SSSR count). The molecule has 0 saturated heterocycles. The van der Waals surface area contributed by atoms with Gasteiger partial charge in [-0.15, -0.1) is 0 Å². The summed E-state index contributed by atoms with van der Waals surface area (Å²) in [6.45, 7) is 6.76. The van der Waals surface area contributed by atoms with E-state index in [1.54, 1.807) is 0 Å². The van der Waals surface area contributed by atoms with Crippen molar-refractivity contribution in [3.05, 3.63) is 78.6 Å². The van der Waals surface area contributed by atoms with Gasteiger partial charge in [0.1, 0.15) is 6.33 Å². The van der Waals surface area contributed by atoms with Gasteiger partial charge in [-0.05, 0) is 52.9 Å². The minimum atomic E-state index is 0.0542. The molecule has 3 aromatic carbocycles. The van der Waals surface area contributed by atoms with Crippen LogP contribution in [0.3, 0.4) is 0 Å². The molecule has 3 heteroatoms. The predicted molar refractivity (Wildman–Crippen MR) is 120 cm³/mol. The smallest absolute Gasteiger partial charge is 0.100 e. The maximum atomic E-state index is 4.77. The van der Waals surface area contributed by atoms with Gasteiger partial charge < -0.3 is 4.90 Å². The fraction of sp³-hybridized carbons (Fsp3) is 0.240. The molecule has 142 valence electrons. The molecule has 0 aliphatic carbocycles. The molecule has 1 aromatic heterocycles. The molecule has 3 nitrogen and oxygen atoms in total. The quantitative estimate of drug-likeness (QED) is 0.438. The van der Waals surface area contributed by atoms with Crippen LogP contribution >= 0.6 is 0 Å². The number of para-hydroxylation sites is 1. The summed E-state index contributed by atoms with van der Waals surface area (Å²) in [5.41, 5.74) is 8.27. The van der Waals surface area contributed by atoms with E-state index in [2.05, 4.69) is 105 Å². The van der Waals surface area contributed by atoms with E-state index < -0.39 is 0 Å². The molecule has 0 aliphatic heterocycles. The first-order valence-corrected chi connectivity index (χ1v) is 9.69. The lowest BCUT2D eigenvalue weighted by Gasteiger charge is -2.21. The lowest BCUT2D eigenvalue weighted by atomic mass is 9.84. The van der Waals surface area contributed by atoms with Crippen LogP contribution in [-0.2, 0) is 5.41 Å². The Hall–Kier alpha value is -3.07. The zero-order valence-corrected chi connectivity index (χ0v) is 17.3. The van der Waals surface area contributed by atoms with Crippen LogP contribution in [0.15, 0.2) is 73.1 Å². The third kappa shape index (κ3) is 3.29. The van der Waals surface area contributed by atoms with Gasteiger partial charge in [0.25, 0.3) is 0 Å². The van der Waals surface area contributed by atoms with E-state index in [0.29, 0.717) is 0 Å². The Balaban J connectivity index is 2.04. The molecule has 0 spiro atoms. The van der Waals surface area contributed by atoms with Crippen LogP contribution in [0, 0.1) is 0 Å². The van der Waals surface area contributed by atoms with Crippen LogP contribution in [0.1, 0.15) is 26.3 Å². The maximum absolute atomic E-state index is 4.77. The highest BCUT2D eigenvalue weighted by atomic mass is 15.1. The summed E-state index contributed by atoms with van der Waals surface area (Å²) in [5, 5.41) is 0. The molecule has 0 bridgehead atoms. The molecule has 28 heavy (non-hydrogen) atoms. The predicted octanol–water partition coefficient (Wildman–Crippen LogP) is 6.06. The first kappa shape index (κ1) is 18.3. The number of rotatable bonds is 3. The van der Waals surface area contributed by atoms with E-state index in [4.69, 9.17) is 4.98 Å².